The minimum absolute atomic E-state index is 0.0960. The highest BCUT2D eigenvalue weighted by Gasteiger charge is 2.19. The molecule has 7 heteroatoms. The van der Waals surface area contributed by atoms with E-state index in [1.54, 1.807) is 12.1 Å². The van der Waals surface area contributed by atoms with Crippen LogP contribution in [0.25, 0.3) is 11.1 Å². The van der Waals surface area contributed by atoms with Gasteiger partial charge in [0, 0.05) is 29.6 Å². The van der Waals surface area contributed by atoms with Crippen LogP contribution < -0.4 is 21.5 Å². The van der Waals surface area contributed by atoms with E-state index in [4.69, 9.17) is 5.73 Å². The molecule has 2 rings (SSSR count). The van der Waals surface area contributed by atoms with Gasteiger partial charge in [0.05, 0.1) is 12.0 Å². The Labute approximate surface area is 177 Å². The monoisotopic (exact) mass is 414 g/mol. The van der Waals surface area contributed by atoms with Crippen molar-refractivity contribution in [2.24, 2.45) is 11.7 Å². The average Bonchev–Trinajstić information content (AvgIpc) is 2.71. The second-order valence-electron chi connectivity index (χ2n) is 7.42. The van der Waals surface area contributed by atoms with E-state index in [-0.39, 0.29) is 12.0 Å². The highest BCUT2D eigenvalue weighted by Crippen LogP contribution is 2.27. The number of benzene rings is 2. The van der Waals surface area contributed by atoms with E-state index < -0.39 is 17.9 Å². The molecule has 156 valence electrons. The molecule has 0 saturated heterocycles. The van der Waals surface area contributed by atoms with E-state index in [0.29, 0.717) is 29.8 Å². The number of carbonyl (C=O) groups is 2. The number of nitrogens with two attached hydrogens (primary N) is 1. The summed E-state index contributed by atoms with van der Waals surface area (Å²) >= 11 is 4.18. The predicted molar refractivity (Wildman–Crippen MR) is 118 cm³/mol. The van der Waals surface area contributed by atoms with Crippen LogP contribution in [0.3, 0.4) is 0 Å². The van der Waals surface area contributed by atoms with Crippen molar-refractivity contribution in [3.05, 3.63) is 54.1 Å². The molecule has 2 aromatic rings. The first-order chi connectivity index (χ1) is 13.8. The number of rotatable bonds is 10. The quantitative estimate of drug-likeness (QED) is 0.444. The van der Waals surface area contributed by atoms with Gasteiger partial charge in [0.1, 0.15) is 0 Å². The number of aliphatic carboxylic acids is 1. The molecule has 0 aliphatic carbocycles. The summed E-state index contributed by atoms with van der Waals surface area (Å²) in [6, 6.07) is 13.7. The first-order valence-corrected chi connectivity index (χ1v) is 10.3. The second-order valence-corrected chi connectivity index (χ2v) is 7.79. The molecule has 0 spiro atoms. The number of carbonyl (C=O) groups excluding carboxylic acids is 2. The van der Waals surface area contributed by atoms with E-state index in [9.17, 15) is 14.7 Å². The first kappa shape index (κ1) is 22.8. The fourth-order valence-electron chi connectivity index (χ4n) is 2.94. The van der Waals surface area contributed by atoms with Crippen LogP contribution in [-0.4, -0.2) is 36.3 Å². The number of hydrogen-bond donors (Lipinski definition) is 4. The predicted octanol–water partition coefficient (Wildman–Crippen LogP) is 1.92. The van der Waals surface area contributed by atoms with E-state index in [1.807, 2.05) is 50.2 Å². The number of thiol groups is 1. The molecule has 0 aliphatic heterocycles. The van der Waals surface area contributed by atoms with Gasteiger partial charge in [0.15, 0.2) is 0 Å². The summed E-state index contributed by atoms with van der Waals surface area (Å²) in [5.74, 6) is -1.07. The van der Waals surface area contributed by atoms with Gasteiger partial charge in [0.2, 0.25) is 0 Å². The van der Waals surface area contributed by atoms with Crippen LogP contribution in [0.5, 0.6) is 0 Å². The Morgan fingerprint density at radius 2 is 1.83 bits per heavy atom. The van der Waals surface area contributed by atoms with Gasteiger partial charge in [-0.1, -0.05) is 44.2 Å². The van der Waals surface area contributed by atoms with Gasteiger partial charge >= 0.3 is 0 Å². The third-order valence-electron chi connectivity index (χ3n) is 4.45. The summed E-state index contributed by atoms with van der Waals surface area (Å²) in [6.07, 6.45) is 0.302. The Morgan fingerprint density at radius 1 is 1.14 bits per heavy atom. The van der Waals surface area contributed by atoms with Crippen LogP contribution in [0.4, 0.5) is 5.69 Å². The van der Waals surface area contributed by atoms with Crippen molar-refractivity contribution < 1.29 is 14.7 Å². The van der Waals surface area contributed by atoms with E-state index in [2.05, 4.69) is 23.3 Å². The molecule has 1 amide bonds. The molecular formula is C22H28N3O3S-. The Morgan fingerprint density at radius 3 is 2.41 bits per heavy atom. The number of amides is 1. The molecule has 0 saturated carbocycles. The molecule has 4 N–H and O–H groups in total. The lowest BCUT2D eigenvalue weighted by atomic mass is 9.97. The van der Waals surface area contributed by atoms with Crippen molar-refractivity contribution in [1.82, 2.24) is 5.32 Å². The van der Waals surface area contributed by atoms with Crippen LogP contribution in [0.1, 0.15) is 30.6 Å². The Bertz CT molecular complexity index is 827. The van der Waals surface area contributed by atoms with Crippen LogP contribution in [0, 0.1) is 5.92 Å². The Hall–Kier alpha value is -2.51. The van der Waals surface area contributed by atoms with E-state index in [1.165, 1.54) is 0 Å². The lowest BCUT2D eigenvalue weighted by Gasteiger charge is -2.22. The van der Waals surface area contributed by atoms with Crippen LogP contribution in [-0.2, 0) is 4.79 Å². The Kier molecular flexibility index (Phi) is 8.54. The fourth-order valence-corrected chi connectivity index (χ4v) is 3.07. The Balaban J connectivity index is 2.34. The molecule has 0 bridgehead atoms. The number of carboxylic acid groups (broad SMARTS) is 1. The van der Waals surface area contributed by atoms with Crippen molar-refractivity contribution in [1.29, 1.82) is 0 Å². The van der Waals surface area contributed by atoms with Crippen molar-refractivity contribution in [2.45, 2.75) is 32.4 Å². The van der Waals surface area contributed by atoms with Crippen LogP contribution in [0.15, 0.2) is 48.5 Å². The molecule has 0 heterocycles. The average molecular weight is 415 g/mol. The smallest absolute Gasteiger partial charge is 0.252 e. The van der Waals surface area contributed by atoms with Crippen molar-refractivity contribution >= 4 is 30.2 Å². The summed E-state index contributed by atoms with van der Waals surface area (Å²) in [5, 5.41) is 17.3. The maximum absolute atomic E-state index is 12.9. The van der Waals surface area contributed by atoms with Crippen LogP contribution in [0.2, 0.25) is 0 Å². The summed E-state index contributed by atoms with van der Waals surface area (Å²) in [6.45, 7) is 4.34. The fraction of sp³-hybridized carbons (Fsp3) is 0.364. The molecular weight excluding hydrogens is 386 g/mol. The molecule has 29 heavy (non-hydrogen) atoms. The maximum atomic E-state index is 12.9. The van der Waals surface area contributed by atoms with Crippen molar-refractivity contribution in [3.63, 3.8) is 0 Å². The molecule has 0 radical (unpaired) electrons. The van der Waals surface area contributed by atoms with Gasteiger partial charge < -0.3 is 26.3 Å². The van der Waals surface area contributed by atoms with Gasteiger partial charge in [-0.3, -0.25) is 4.79 Å². The van der Waals surface area contributed by atoms with Gasteiger partial charge in [-0.15, -0.1) is 0 Å². The zero-order valence-corrected chi connectivity index (χ0v) is 17.6. The van der Waals surface area contributed by atoms with Gasteiger partial charge in [-0.2, -0.15) is 12.6 Å². The molecule has 2 atom stereocenters. The highest BCUT2D eigenvalue weighted by molar-refractivity contribution is 7.80. The topological polar surface area (TPSA) is 107 Å². The summed E-state index contributed by atoms with van der Waals surface area (Å²) in [7, 11) is 0. The minimum Gasteiger partial charge on any atom is -0.548 e. The maximum Gasteiger partial charge on any atom is 0.252 e. The standard InChI is InChI=1S/C22H29N3O3S/c1-14(2)10-20(22(27)28)25-21(26)18-9-8-17(24-12-16(23)13-29)11-19(18)15-6-4-3-5-7-15/h3-9,11,14,16,20,24,29H,10,12-13,23H2,1-2H3,(H,25,26)(H,27,28)/p-1/t16-,20+/m1/s1. The molecule has 0 aromatic heterocycles. The van der Waals surface area contributed by atoms with E-state index in [0.717, 1.165) is 11.3 Å². The SMILES string of the molecule is CC(C)C[C@H](NC(=O)c1ccc(NC[C@@H](N)CS)cc1-c1ccccc1)C(=O)[O-]. The number of nitrogens with one attached hydrogen (secondary N) is 2. The molecule has 0 fully saturated rings. The lowest BCUT2D eigenvalue weighted by molar-refractivity contribution is -0.308. The van der Waals surface area contributed by atoms with Gasteiger partial charge in [-0.05, 0) is 41.7 Å². The number of anilines is 1. The molecule has 2 aromatic carbocycles. The van der Waals surface area contributed by atoms with Gasteiger partial charge in [-0.25, -0.2) is 0 Å². The zero-order chi connectivity index (χ0) is 21.4. The number of hydrogen-bond acceptors (Lipinski definition) is 6. The van der Waals surface area contributed by atoms with Crippen molar-refractivity contribution in [2.75, 3.05) is 17.6 Å². The highest BCUT2D eigenvalue weighted by atomic mass is 32.1. The molecule has 0 aliphatic rings. The second kappa shape index (κ2) is 10.9. The summed E-state index contributed by atoms with van der Waals surface area (Å²) in [4.78, 5) is 24.3. The molecule has 0 unspecified atom stereocenters. The normalized spacial score (nSPS) is 13.0. The van der Waals surface area contributed by atoms with Crippen molar-refractivity contribution in [3.8, 4) is 11.1 Å². The zero-order valence-electron chi connectivity index (χ0n) is 16.7. The lowest BCUT2D eigenvalue weighted by Crippen LogP contribution is -2.48. The third kappa shape index (κ3) is 6.80. The first-order valence-electron chi connectivity index (χ1n) is 9.63. The van der Waals surface area contributed by atoms with E-state index >= 15 is 0 Å². The number of carboxylic acids is 1. The molecule has 6 nitrogen and oxygen atoms in total. The largest absolute Gasteiger partial charge is 0.548 e. The van der Waals surface area contributed by atoms with Crippen LogP contribution >= 0.6 is 12.6 Å². The summed E-state index contributed by atoms with van der Waals surface area (Å²) < 4.78 is 0. The minimum atomic E-state index is -1.28. The van der Waals surface area contributed by atoms with Gasteiger partial charge in [0.25, 0.3) is 5.91 Å². The summed E-state index contributed by atoms with van der Waals surface area (Å²) in [5.41, 5.74) is 8.68. The third-order valence-corrected chi connectivity index (χ3v) is 4.92.